The highest BCUT2D eigenvalue weighted by atomic mass is 79.9. The van der Waals surface area contributed by atoms with E-state index in [0.29, 0.717) is 11.2 Å². The number of nitrogens with zero attached hydrogens (tertiary/aromatic N) is 1. The third-order valence-corrected chi connectivity index (χ3v) is 2.93. The van der Waals surface area contributed by atoms with E-state index in [1.807, 2.05) is 6.07 Å². The third-order valence-electron chi connectivity index (χ3n) is 2.50. The van der Waals surface area contributed by atoms with Crippen molar-refractivity contribution in [3.8, 4) is 0 Å². The summed E-state index contributed by atoms with van der Waals surface area (Å²) in [4.78, 5) is 12.7. The minimum atomic E-state index is -0.904. The van der Waals surface area contributed by atoms with Gasteiger partial charge in [-0.05, 0) is 49.0 Å². The van der Waals surface area contributed by atoms with Crippen LogP contribution in [-0.4, -0.2) is 28.6 Å². The number of likely N-dealkylation sites (N-methyl/N-ethyl adjacent to an activating group) is 1. The minimum absolute atomic E-state index is 0.463. The zero-order valence-electron chi connectivity index (χ0n) is 8.95. The zero-order valence-corrected chi connectivity index (χ0v) is 10.5. The maximum absolute atomic E-state index is 11.0. The van der Waals surface area contributed by atoms with Gasteiger partial charge < -0.3 is 9.52 Å². The first kappa shape index (κ1) is 12.3. The lowest BCUT2D eigenvalue weighted by atomic mass is 10.0. The molecule has 0 aliphatic carbocycles. The van der Waals surface area contributed by atoms with Crippen LogP contribution in [0.5, 0.6) is 0 Å². The monoisotopic (exact) mass is 275 g/mol. The second-order valence-corrected chi connectivity index (χ2v) is 4.71. The fourth-order valence-corrected chi connectivity index (χ4v) is 1.37. The molecule has 1 N–H and O–H groups in total. The van der Waals surface area contributed by atoms with Gasteiger partial charge in [-0.3, -0.25) is 9.69 Å². The predicted octanol–water partition coefficient (Wildman–Crippen LogP) is 2.34. The van der Waals surface area contributed by atoms with E-state index >= 15 is 0 Å². The molecule has 0 aliphatic heterocycles. The van der Waals surface area contributed by atoms with Crippen LogP contribution in [0, 0.1) is 0 Å². The van der Waals surface area contributed by atoms with Crippen LogP contribution in [0.15, 0.2) is 21.2 Å². The Hall–Kier alpha value is -0.810. The first-order valence-corrected chi connectivity index (χ1v) is 5.32. The molecule has 84 valence electrons. The highest BCUT2D eigenvalue weighted by Gasteiger charge is 2.32. The van der Waals surface area contributed by atoms with Crippen molar-refractivity contribution in [2.75, 3.05) is 7.05 Å². The zero-order chi connectivity index (χ0) is 11.6. The molecule has 1 aromatic rings. The summed E-state index contributed by atoms with van der Waals surface area (Å²) in [6, 6.07) is 3.61. The molecule has 0 fully saturated rings. The SMILES string of the molecule is CN(Cc1ccc(Br)o1)C(C)(C)C(=O)O. The molecule has 0 saturated heterocycles. The Balaban J connectivity index is 2.71. The van der Waals surface area contributed by atoms with Crippen LogP contribution < -0.4 is 0 Å². The van der Waals surface area contributed by atoms with Crippen LogP contribution in [-0.2, 0) is 11.3 Å². The van der Waals surface area contributed by atoms with Gasteiger partial charge in [0.2, 0.25) is 0 Å². The molecule has 1 aromatic heterocycles. The molecule has 0 aliphatic rings. The molecule has 0 unspecified atom stereocenters. The van der Waals surface area contributed by atoms with Crippen LogP contribution >= 0.6 is 15.9 Å². The smallest absolute Gasteiger partial charge is 0.323 e. The molecule has 0 aromatic carbocycles. The average molecular weight is 276 g/mol. The molecule has 1 rings (SSSR count). The number of hydrogen-bond acceptors (Lipinski definition) is 3. The van der Waals surface area contributed by atoms with Gasteiger partial charge in [-0.2, -0.15) is 0 Å². The number of carbonyl (C=O) groups is 1. The maximum atomic E-state index is 11.0. The van der Waals surface area contributed by atoms with Crippen molar-refractivity contribution >= 4 is 21.9 Å². The van der Waals surface area contributed by atoms with Gasteiger partial charge in [0.1, 0.15) is 11.3 Å². The molecular weight excluding hydrogens is 262 g/mol. The standard InChI is InChI=1S/C10H14BrNO3/c1-10(2,9(13)14)12(3)6-7-4-5-8(11)15-7/h4-5H,6H2,1-3H3,(H,13,14). The van der Waals surface area contributed by atoms with Gasteiger partial charge in [0, 0.05) is 0 Å². The average Bonchev–Trinajstić information content (AvgIpc) is 2.50. The van der Waals surface area contributed by atoms with E-state index in [1.54, 1.807) is 31.9 Å². The third kappa shape index (κ3) is 2.82. The van der Waals surface area contributed by atoms with Gasteiger partial charge in [-0.1, -0.05) is 0 Å². The molecular formula is C10H14BrNO3. The number of hydrogen-bond donors (Lipinski definition) is 1. The van der Waals surface area contributed by atoms with Gasteiger partial charge in [-0.25, -0.2) is 0 Å². The van der Waals surface area contributed by atoms with Crippen molar-refractivity contribution < 1.29 is 14.3 Å². The normalized spacial score (nSPS) is 12.1. The largest absolute Gasteiger partial charge is 0.480 e. The van der Waals surface area contributed by atoms with E-state index in [0.717, 1.165) is 5.76 Å². The maximum Gasteiger partial charge on any atom is 0.323 e. The fourth-order valence-electron chi connectivity index (χ4n) is 1.03. The van der Waals surface area contributed by atoms with Crippen LogP contribution in [0.1, 0.15) is 19.6 Å². The molecule has 0 radical (unpaired) electrons. The van der Waals surface area contributed by atoms with Gasteiger partial charge in [0.05, 0.1) is 6.54 Å². The Morgan fingerprint density at radius 2 is 2.20 bits per heavy atom. The first-order valence-electron chi connectivity index (χ1n) is 4.53. The molecule has 0 atom stereocenters. The summed E-state index contributed by atoms with van der Waals surface area (Å²) in [5, 5.41) is 9.01. The summed E-state index contributed by atoms with van der Waals surface area (Å²) < 4.78 is 5.96. The lowest BCUT2D eigenvalue weighted by Crippen LogP contribution is -2.47. The molecule has 0 amide bonds. The summed E-state index contributed by atoms with van der Waals surface area (Å²) in [6.07, 6.45) is 0. The summed E-state index contributed by atoms with van der Waals surface area (Å²) in [6.45, 7) is 3.78. The quantitative estimate of drug-likeness (QED) is 0.917. The molecule has 0 spiro atoms. The second-order valence-electron chi connectivity index (χ2n) is 3.93. The van der Waals surface area contributed by atoms with Crippen molar-refractivity contribution in [3.63, 3.8) is 0 Å². The predicted molar refractivity (Wildman–Crippen MR) is 59.6 cm³/mol. The topological polar surface area (TPSA) is 53.7 Å². The Labute approximate surface area is 97.0 Å². The van der Waals surface area contributed by atoms with E-state index in [1.165, 1.54) is 0 Å². The lowest BCUT2D eigenvalue weighted by molar-refractivity contribution is -0.148. The van der Waals surface area contributed by atoms with Gasteiger partial charge >= 0.3 is 5.97 Å². The van der Waals surface area contributed by atoms with Crippen molar-refractivity contribution in [1.82, 2.24) is 4.90 Å². The Bertz CT molecular complexity index is 359. The Morgan fingerprint density at radius 3 is 2.60 bits per heavy atom. The molecule has 0 saturated carbocycles. The summed E-state index contributed by atoms with van der Waals surface area (Å²) >= 11 is 3.20. The van der Waals surface area contributed by atoms with Crippen LogP contribution in [0.2, 0.25) is 0 Å². The Kier molecular flexibility index (Phi) is 3.57. The summed E-state index contributed by atoms with van der Waals surface area (Å²) in [5.74, 6) is -0.116. The molecule has 5 heteroatoms. The van der Waals surface area contributed by atoms with E-state index in [2.05, 4.69) is 15.9 Å². The first-order chi connectivity index (χ1) is 6.84. The lowest BCUT2D eigenvalue weighted by Gasteiger charge is -2.30. The van der Waals surface area contributed by atoms with Gasteiger partial charge in [0.25, 0.3) is 0 Å². The van der Waals surface area contributed by atoms with Gasteiger partial charge in [0.15, 0.2) is 4.67 Å². The van der Waals surface area contributed by atoms with Crippen LogP contribution in [0.25, 0.3) is 0 Å². The van der Waals surface area contributed by atoms with E-state index in [9.17, 15) is 4.79 Å². The van der Waals surface area contributed by atoms with E-state index in [-0.39, 0.29) is 0 Å². The van der Waals surface area contributed by atoms with Crippen LogP contribution in [0.4, 0.5) is 0 Å². The van der Waals surface area contributed by atoms with E-state index in [4.69, 9.17) is 9.52 Å². The van der Waals surface area contributed by atoms with Crippen molar-refractivity contribution in [2.24, 2.45) is 0 Å². The summed E-state index contributed by atoms with van der Waals surface area (Å²) in [5.41, 5.74) is -0.904. The van der Waals surface area contributed by atoms with E-state index < -0.39 is 11.5 Å². The number of furan rings is 1. The number of aliphatic carboxylic acids is 1. The number of halogens is 1. The van der Waals surface area contributed by atoms with Gasteiger partial charge in [-0.15, -0.1) is 0 Å². The number of carboxylic acids is 1. The highest BCUT2D eigenvalue weighted by molar-refractivity contribution is 9.10. The number of carboxylic acid groups (broad SMARTS) is 1. The fraction of sp³-hybridized carbons (Fsp3) is 0.500. The van der Waals surface area contributed by atoms with Crippen molar-refractivity contribution in [3.05, 3.63) is 22.6 Å². The second kappa shape index (κ2) is 4.37. The molecule has 0 bridgehead atoms. The molecule has 4 nitrogen and oxygen atoms in total. The number of rotatable bonds is 4. The van der Waals surface area contributed by atoms with Crippen LogP contribution in [0.3, 0.4) is 0 Å². The van der Waals surface area contributed by atoms with Crippen molar-refractivity contribution in [1.29, 1.82) is 0 Å². The molecule has 1 heterocycles. The highest BCUT2D eigenvalue weighted by Crippen LogP contribution is 2.19. The summed E-state index contributed by atoms with van der Waals surface area (Å²) in [7, 11) is 1.75. The molecule has 15 heavy (non-hydrogen) atoms. The minimum Gasteiger partial charge on any atom is -0.480 e. The van der Waals surface area contributed by atoms with Crippen molar-refractivity contribution in [2.45, 2.75) is 25.9 Å². The Morgan fingerprint density at radius 1 is 1.60 bits per heavy atom.